The highest BCUT2D eigenvalue weighted by atomic mass is 16.4. The van der Waals surface area contributed by atoms with Crippen LogP contribution in [0.4, 0.5) is 5.69 Å². The van der Waals surface area contributed by atoms with Crippen molar-refractivity contribution in [1.82, 2.24) is 4.90 Å². The molecule has 2 aromatic rings. The van der Waals surface area contributed by atoms with Gasteiger partial charge < -0.3 is 10.0 Å². The minimum atomic E-state index is -0.659. The summed E-state index contributed by atoms with van der Waals surface area (Å²) in [5.74, 6) is -0.870. The van der Waals surface area contributed by atoms with Gasteiger partial charge in [-0.05, 0) is 68.6 Å². The van der Waals surface area contributed by atoms with E-state index < -0.39 is 5.97 Å². The number of anilines is 1. The number of piperidine rings is 1. The van der Waals surface area contributed by atoms with Gasteiger partial charge in [-0.2, -0.15) is 0 Å². The molecule has 0 aliphatic carbocycles. The molecule has 3 rings (SSSR count). The number of aryl methyl sites for hydroxylation is 2. The van der Waals surface area contributed by atoms with Crippen molar-refractivity contribution in [1.29, 1.82) is 0 Å². The normalized spacial score (nSPS) is 16.9. The summed E-state index contributed by atoms with van der Waals surface area (Å²) in [6.45, 7) is 5.91. The lowest BCUT2D eigenvalue weighted by Gasteiger charge is -2.38. The zero-order chi connectivity index (χ0) is 19.6. The van der Waals surface area contributed by atoms with Crippen LogP contribution in [0, 0.1) is 19.8 Å². The van der Waals surface area contributed by atoms with E-state index in [9.17, 15) is 9.90 Å². The molecular weight excluding hydrogens is 336 g/mol. The van der Waals surface area contributed by atoms with E-state index >= 15 is 0 Å². The van der Waals surface area contributed by atoms with Crippen molar-refractivity contribution < 1.29 is 9.90 Å². The fourth-order valence-electron chi connectivity index (χ4n) is 4.08. The van der Waals surface area contributed by atoms with Crippen molar-refractivity contribution in [3.63, 3.8) is 0 Å². The van der Waals surface area contributed by atoms with Gasteiger partial charge in [-0.1, -0.05) is 35.9 Å². The molecule has 2 aromatic carbocycles. The molecule has 1 N–H and O–H groups in total. The molecule has 0 bridgehead atoms. The molecule has 1 heterocycles. The van der Waals surface area contributed by atoms with Crippen molar-refractivity contribution in [3.05, 3.63) is 64.7 Å². The van der Waals surface area contributed by atoms with E-state index in [1.54, 1.807) is 0 Å². The van der Waals surface area contributed by atoms with E-state index in [0.717, 1.165) is 13.1 Å². The van der Waals surface area contributed by atoms with Gasteiger partial charge in [-0.3, -0.25) is 9.69 Å². The second kappa shape index (κ2) is 8.13. The highest BCUT2D eigenvalue weighted by Crippen LogP contribution is 2.35. The molecule has 0 aromatic heterocycles. The van der Waals surface area contributed by atoms with E-state index in [0.29, 0.717) is 12.8 Å². The van der Waals surface area contributed by atoms with Gasteiger partial charge in [0.05, 0.1) is 12.0 Å². The van der Waals surface area contributed by atoms with Crippen LogP contribution in [0.2, 0.25) is 0 Å². The summed E-state index contributed by atoms with van der Waals surface area (Å²) in [4.78, 5) is 15.9. The number of hydrogen-bond donors (Lipinski definition) is 1. The Morgan fingerprint density at radius 2 is 1.70 bits per heavy atom. The molecule has 144 valence electrons. The number of carboxylic acids is 1. The molecule has 1 fully saturated rings. The van der Waals surface area contributed by atoms with Crippen LogP contribution in [0.15, 0.2) is 42.5 Å². The van der Waals surface area contributed by atoms with E-state index in [1.807, 2.05) is 14.1 Å². The highest BCUT2D eigenvalue weighted by molar-refractivity contribution is 5.70. The first-order valence-electron chi connectivity index (χ1n) is 9.68. The van der Waals surface area contributed by atoms with Crippen molar-refractivity contribution in [2.45, 2.75) is 32.7 Å². The van der Waals surface area contributed by atoms with Gasteiger partial charge in [0.15, 0.2) is 0 Å². The Balaban J connectivity index is 1.95. The lowest BCUT2D eigenvalue weighted by Crippen LogP contribution is -2.39. The Hall–Kier alpha value is -2.33. The molecule has 0 amide bonds. The summed E-state index contributed by atoms with van der Waals surface area (Å²) in [5, 5.41) is 9.33. The van der Waals surface area contributed by atoms with Crippen molar-refractivity contribution >= 4 is 11.7 Å². The van der Waals surface area contributed by atoms with Gasteiger partial charge in [0.25, 0.3) is 0 Å². The molecule has 4 heteroatoms. The third-order valence-electron chi connectivity index (χ3n) is 5.69. The van der Waals surface area contributed by atoms with Crippen LogP contribution in [0.5, 0.6) is 0 Å². The summed E-state index contributed by atoms with van der Waals surface area (Å²) in [5.41, 5.74) is 6.32. The van der Waals surface area contributed by atoms with Crippen LogP contribution in [0.3, 0.4) is 0 Å². The molecule has 4 nitrogen and oxygen atoms in total. The first kappa shape index (κ1) is 19.4. The predicted octanol–water partition coefficient (Wildman–Crippen LogP) is 4.26. The second-order valence-corrected chi connectivity index (χ2v) is 7.90. The average Bonchev–Trinajstić information content (AvgIpc) is 2.64. The summed E-state index contributed by atoms with van der Waals surface area (Å²) in [6.07, 6.45) is 1.43. The van der Waals surface area contributed by atoms with Crippen LogP contribution in [0.1, 0.15) is 41.1 Å². The maximum atomic E-state index is 11.3. The number of likely N-dealkylation sites (tertiary alicyclic amines) is 1. The van der Waals surface area contributed by atoms with Crippen molar-refractivity contribution in [2.24, 2.45) is 5.92 Å². The molecule has 1 atom stereocenters. The van der Waals surface area contributed by atoms with E-state index in [4.69, 9.17) is 0 Å². The summed E-state index contributed by atoms with van der Waals surface area (Å²) >= 11 is 0. The van der Waals surface area contributed by atoms with Crippen LogP contribution in [-0.2, 0) is 4.79 Å². The maximum Gasteiger partial charge on any atom is 0.306 e. The maximum absolute atomic E-state index is 11.3. The van der Waals surface area contributed by atoms with Crippen LogP contribution >= 0.6 is 0 Å². The monoisotopic (exact) mass is 366 g/mol. The van der Waals surface area contributed by atoms with Gasteiger partial charge in [-0.15, -0.1) is 0 Å². The Kier molecular flexibility index (Phi) is 5.85. The van der Waals surface area contributed by atoms with E-state index in [2.05, 4.69) is 66.1 Å². The smallest absolute Gasteiger partial charge is 0.306 e. The third-order valence-corrected chi connectivity index (χ3v) is 5.69. The van der Waals surface area contributed by atoms with E-state index in [-0.39, 0.29) is 12.0 Å². The minimum absolute atomic E-state index is 0.163. The van der Waals surface area contributed by atoms with Crippen molar-refractivity contribution in [3.8, 4) is 0 Å². The first-order chi connectivity index (χ1) is 12.9. The summed E-state index contributed by atoms with van der Waals surface area (Å²) in [7, 11) is 4.10. The second-order valence-electron chi connectivity index (χ2n) is 7.90. The lowest BCUT2D eigenvalue weighted by molar-refractivity contribution is -0.143. The molecule has 1 saturated heterocycles. The van der Waals surface area contributed by atoms with Crippen LogP contribution < -0.4 is 4.90 Å². The summed E-state index contributed by atoms with van der Waals surface area (Å²) < 4.78 is 0. The minimum Gasteiger partial charge on any atom is -0.481 e. The molecular formula is C23H30N2O2. The molecule has 1 unspecified atom stereocenters. The van der Waals surface area contributed by atoms with Gasteiger partial charge >= 0.3 is 5.97 Å². The largest absolute Gasteiger partial charge is 0.481 e. The number of carbonyl (C=O) groups is 1. The zero-order valence-electron chi connectivity index (χ0n) is 16.8. The van der Waals surface area contributed by atoms with Gasteiger partial charge in [0.1, 0.15) is 0 Å². The standard InChI is InChI=1S/C23H30N2O2/c1-16-5-10-21(17(2)15-16)22(18-6-8-20(9-7-18)24(3)4)25-13-11-19(12-14-25)23(26)27/h5-10,15,19,22H,11-14H2,1-4H3,(H,26,27). The fraction of sp³-hybridized carbons (Fsp3) is 0.435. The Morgan fingerprint density at radius 1 is 1.07 bits per heavy atom. The molecule has 1 aliphatic heterocycles. The average molecular weight is 367 g/mol. The Bertz CT molecular complexity index is 791. The predicted molar refractivity (Wildman–Crippen MR) is 110 cm³/mol. The van der Waals surface area contributed by atoms with Gasteiger partial charge in [0.2, 0.25) is 0 Å². The topological polar surface area (TPSA) is 43.8 Å². The number of aliphatic carboxylic acids is 1. The molecule has 27 heavy (non-hydrogen) atoms. The molecule has 0 saturated carbocycles. The number of hydrogen-bond acceptors (Lipinski definition) is 3. The van der Waals surface area contributed by atoms with Crippen molar-refractivity contribution in [2.75, 3.05) is 32.1 Å². The number of rotatable bonds is 5. The zero-order valence-corrected chi connectivity index (χ0v) is 16.8. The SMILES string of the molecule is Cc1ccc(C(c2ccc(N(C)C)cc2)N2CCC(C(=O)O)CC2)c(C)c1. The Morgan fingerprint density at radius 3 is 2.22 bits per heavy atom. The molecule has 1 aliphatic rings. The quantitative estimate of drug-likeness (QED) is 0.859. The molecule has 0 radical (unpaired) electrons. The highest BCUT2D eigenvalue weighted by Gasteiger charge is 2.30. The number of carboxylic acid groups (broad SMARTS) is 1. The van der Waals surface area contributed by atoms with Crippen LogP contribution in [-0.4, -0.2) is 43.2 Å². The van der Waals surface area contributed by atoms with Gasteiger partial charge in [0, 0.05) is 19.8 Å². The molecule has 0 spiro atoms. The Labute approximate surface area is 162 Å². The van der Waals surface area contributed by atoms with Crippen LogP contribution in [0.25, 0.3) is 0 Å². The fourth-order valence-corrected chi connectivity index (χ4v) is 4.08. The summed E-state index contributed by atoms with van der Waals surface area (Å²) in [6, 6.07) is 15.6. The lowest BCUT2D eigenvalue weighted by atomic mass is 9.89. The number of benzene rings is 2. The number of nitrogens with zero attached hydrogens (tertiary/aromatic N) is 2. The first-order valence-corrected chi connectivity index (χ1v) is 9.68. The third kappa shape index (κ3) is 4.33. The van der Waals surface area contributed by atoms with E-state index in [1.165, 1.54) is 27.9 Å². The van der Waals surface area contributed by atoms with Gasteiger partial charge in [-0.25, -0.2) is 0 Å².